The summed E-state index contributed by atoms with van der Waals surface area (Å²) in [5.41, 5.74) is 16.3. The fraction of sp³-hybridized carbons (Fsp3) is 0.587. The molecule has 410 valence electrons. The van der Waals surface area contributed by atoms with Crippen molar-refractivity contribution in [1.29, 1.82) is 0 Å². The lowest BCUT2D eigenvalue weighted by atomic mass is 9.95. The standard InChI is InChI=1S/C46H69N11O17/c1-5-23(4)38(44(71)55-37(22(2)3)43(70)52-27(46(73)74)13-15-33(48)61)56-42(69)31-7-6-18-57(31)45(72)29(19-24-8-10-25(59)11-9-24)54-40(67)28(20-34(49)62)53-39(66)26(12-14-32(47)60)51-41(68)30(21-58)50-35(63)16-17-36(64)65/h8-11,22-23,26-31,37-38,58-59H,5-7,12-21H2,1-4H3,(H2,47,60)(H2,48,61)(H2,49,62)(H,50,63)(H,51,68)(H,52,70)(H,53,66)(H,54,67)(H,55,71)(H,56,69)(H,64,65)(H,73,74). The Morgan fingerprint density at radius 3 is 1.68 bits per heavy atom. The maximum Gasteiger partial charge on any atom is 0.326 e. The van der Waals surface area contributed by atoms with Gasteiger partial charge in [0.25, 0.3) is 0 Å². The zero-order chi connectivity index (χ0) is 56.0. The maximum absolute atomic E-state index is 14.6. The smallest absolute Gasteiger partial charge is 0.326 e. The van der Waals surface area contributed by atoms with Crippen molar-refractivity contribution in [2.24, 2.45) is 29.0 Å². The monoisotopic (exact) mass is 1050 g/mol. The number of hydrogen-bond acceptors (Lipinski definition) is 15. The van der Waals surface area contributed by atoms with Crippen LogP contribution in [0.15, 0.2) is 24.3 Å². The van der Waals surface area contributed by atoms with Crippen LogP contribution in [0.3, 0.4) is 0 Å². The van der Waals surface area contributed by atoms with Crippen LogP contribution < -0.4 is 54.4 Å². The van der Waals surface area contributed by atoms with Crippen LogP contribution in [-0.2, 0) is 68.7 Å². The second-order valence-electron chi connectivity index (χ2n) is 18.1. The molecule has 1 aliphatic heterocycles. The molecule has 74 heavy (non-hydrogen) atoms. The normalized spacial score (nSPS) is 16.3. The van der Waals surface area contributed by atoms with Gasteiger partial charge in [-0.15, -0.1) is 0 Å². The Kier molecular flexibility index (Phi) is 25.4. The zero-order valence-electron chi connectivity index (χ0n) is 41.6. The van der Waals surface area contributed by atoms with Gasteiger partial charge < -0.3 is 79.7 Å². The molecule has 1 heterocycles. The van der Waals surface area contributed by atoms with Crippen LogP contribution >= 0.6 is 0 Å². The number of aliphatic hydroxyl groups is 1. The predicted molar refractivity (Wildman–Crippen MR) is 257 cm³/mol. The molecule has 1 fully saturated rings. The number of nitrogens with zero attached hydrogens (tertiary/aromatic N) is 1. The lowest BCUT2D eigenvalue weighted by Crippen LogP contribution is -2.61. The number of aromatic hydroxyl groups is 1. The minimum Gasteiger partial charge on any atom is -0.508 e. The Morgan fingerprint density at radius 2 is 1.15 bits per heavy atom. The van der Waals surface area contributed by atoms with E-state index >= 15 is 0 Å². The molecule has 28 heteroatoms. The van der Waals surface area contributed by atoms with Crippen LogP contribution in [0.1, 0.15) is 97.5 Å². The van der Waals surface area contributed by atoms with E-state index in [1.54, 1.807) is 27.7 Å². The molecular weight excluding hydrogens is 979 g/mol. The Bertz CT molecular complexity index is 2230. The lowest BCUT2D eigenvalue weighted by Gasteiger charge is -2.32. The van der Waals surface area contributed by atoms with Gasteiger partial charge in [-0.1, -0.05) is 46.2 Å². The Morgan fingerprint density at radius 1 is 0.622 bits per heavy atom. The van der Waals surface area contributed by atoms with Gasteiger partial charge in [0.2, 0.25) is 65.0 Å². The molecule has 28 nitrogen and oxygen atoms in total. The Labute approximate surface area is 425 Å². The highest BCUT2D eigenvalue weighted by molar-refractivity contribution is 5.99. The van der Waals surface area contributed by atoms with Gasteiger partial charge in [0, 0.05) is 32.2 Å². The summed E-state index contributed by atoms with van der Waals surface area (Å²) < 4.78 is 0. The van der Waals surface area contributed by atoms with Crippen molar-refractivity contribution >= 4 is 76.9 Å². The topological polar surface area (TPSA) is 468 Å². The summed E-state index contributed by atoms with van der Waals surface area (Å²) in [5, 5.41) is 54.9. The van der Waals surface area contributed by atoms with E-state index in [0.29, 0.717) is 12.0 Å². The summed E-state index contributed by atoms with van der Waals surface area (Å²) in [7, 11) is 0. The molecule has 0 aromatic heterocycles. The first-order valence-electron chi connectivity index (χ1n) is 23.8. The number of primary amides is 3. The van der Waals surface area contributed by atoms with E-state index in [1.807, 2.05) is 0 Å². The average Bonchev–Trinajstić information content (AvgIpc) is 3.83. The molecule has 11 amide bonds. The van der Waals surface area contributed by atoms with Crippen molar-refractivity contribution in [1.82, 2.24) is 42.1 Å². The van der Waals surface area contributed by atoms with E-state index in [0.717, 1.165) is 4.90 Å². The van der Waals surface area contributed by atoms with Gasteiger partial charge in [-0.2, -0.15) is 0 Å². The number of amides is 11. The van der Waals surface area contributed by atoms with E-state index in [4.69, 9.17) is 22.3 Å². The molecule has 1 aliphatic rings. The largest absolute Gasteiger partial charge is 0.508 e. The number of carbonyl (C=O) groups excluding carboxylic acids is 11. The van der Waals surface area contributed by atoms with Gasteiger partial charge in [-0.05, 0) is 55.2 Å². The molecule has 0 aliphatic carbocycles. The lowest BCUT2D eigenvalue weighted by molar-refractivity contribution is -0.143. The first kappa shape index (κ1) is 62.2. The zero-order valence-corrected chi connectivity index (χ0v) is 41.6. The minimum atomic E-state index is -1.87. The number of aliphatic hydroxyl groups excluding tert-OH is 1. The van der Waals surface area contributed by atoms with E-state index in [2.05, 4.69) is 37.2 Å². The Balaban J connectivity index is 2.45. The number of nitrogens with two attached hydrogens (primary N) is 3. The highest BCUT2D eigenvalue weighted by atomic mass is 16.4. The van der Waals surface area contributed by atoms with Crippen LogP contribution in [0.2, 0.25) is 0 Å². The quantitative estimate of drug-likeness (QED) is 0.0323. The number of aliphatic carboxylic acids is 2. The van der Waals surface area contributed by atoms with Gasteiger partial charge >= 0.3 is 11.9 Å². The SMILES string of the molecule is CCC(C)C(NC(=O)C1CCCN1C(=O)C(Cc1ccc(O)cc1)NC(=O)C(CC(N)=O)NC(=O)C(CCC(N)=O)NC(=O)C(CO)NC(=O)CCC(=O)O)C(=O)NC(C(=O)NC(CCC(N)=O)C(=O)O)C(C)C. The third kappa shape index (κ3) is 20.7. The third-order valence-electron chi connectivity index (χ3n) is 11.9. The summed E-state index contributed by atoms with van der Waals surface area (Å²) in [6.45, 7) is 5.48. The number of carboxylic acids is 2. The molecule has 17 N–H and O–H groups in total. The number of carboxylic acid groups (broad SMARTS) is 2. The summed E-state index contributed by atoms with van der Waals surface area (Å²) >= 11 is 0. The van der Waals surface area contributed by atoms with Crippen LogP contribution in [0.25, 0.3) is 0 Å². The van der Waals surface area contributed by atoms with Crippen molar-refractivity contribution in [3.05, 3.63) is 29.8 Å². The van der Waals surface area contributed by atoms with Crippen molar-refractivity contribution in [3.8, 4) is 5.75 Å². The van der Waals surface area contributed by atoms with Crippen molar-refractivity contribution in [2.45, 2.75) is 147 Å². The van der Waals surface area contributed by atoms with Crippen LogP contribution in [-0.4, -0.2) is 164 Å². The summed E-state index contributed by atoms with van der Waals surface area (Å²) in [6.07, 6.45) is -3.40. The second kappa shape index (κ2) is 30.2. The molecule has 0 bridgehead atoms. The average molecular weight is 1050 g/mol. The summed E-state index contributed by atoms with van der Waals surface area (Å²) in [4.78, 5) is 169. The molecule has 1 aromatic carbocycles. The number of rotatable bonds is 32. The summed E-state index contributed by atoms with van der Waals surface area (Å²) in [6, 6.07) is -6.79. The first-order valence-corrected chi connectivity index (χ1v) is 23.8. The van der Waals surface area contributed by atoms with Gasteiger partial charge in [-0.3, -0.25) is 57.5 Å². The number of nitrogens with one attached hydrogen (secondary N) is 7. The van der Waals surface area contributed by atoms with Gasteiger partial charge in [-0.25, -0.2) is 4.79 Å². The Hall–Kier alpha value is -7.91. The van der Waals surface area contributed by atoms with E-state index < -0.39 is 176 Å². The number of phenolic OH excluding ortho intramolecular Hbond substituents is 1. The first-order chi connectivity index (χ1) is 34.7. The number of likely N-dealkylation sites (tertiary alicyclic amines) is 1. The molecule has 1 saturated heterocycles. The van der Waals surface area contributed by atoms with Crippen molar-refractivity contribution in [2.75, 3.05) is 13.2 Å². The van der Waals surface area contributed by atoms with E-state index in [-0.39, 0.29) is 44.4 Å². The molecule has 1 aromatic rings. The number of benzene rings is 1. The molecule has 2 rings (SSSR count). The van der Waals surface area contributed by atoms with Gasteiger partial charge in [0.05, 0.1) is 19.4 Å². The molecule has 0 radical (unpaired) electrons. The van der Waals surface area contributed by atoms with Crippen LogP contribution in [0, 0.1) is 11.8 Å². The number of hydrogen-bond donors (Lipinski definition) is 14. The molecule has 0 saturated carbocycles. The molecule has 0 spiro atoms. The third-order valence-corrected chi connectivity index (χ3v) is 11.9. The molecule has 9 atom stereocenters. The van der Waals surface area contributed by atoms with Crippen LogP contribution in [0.4, 0.5) is 0 Å². The predicted octanol–water partition coefficient (Wildman–Crippen LogP) is -4.63. The molecule has 9 unspecified atom stereocenters. The fourth-order valence-corrected chi connectivity index (χ4v) is 7.57. The number of carbonyl (C=O) groups is 13. The van der Waals surface area contributed by atoms with E-state index in [1.165, 1.54) is 24.3 Å². The van der Waals surface area contributed by atoms with Crippen molar-refractivity contribution < 1.29 is 82.8 Å². The maximum atomic E-state index is 14.6. The highest BCUT2D eigenvalue weighted by Gasteiger charge is 2.41. The second-order valence-corrected chi connectivity index (χ2v) is 18.1. The highest BCUT2D eigenvalue weighted by Crippen LogP contribution is 2.22. The van der Waals surface area contributed by atoms with Crippen molar-refractivity contribution in [3.63, 3.8) is 0 Å². The summed E-state index contributed by atoms with van der Waals surface area (Å²) in [5.74, 6) is -14.8. The fourth-order valence-electron chi connectivity index (χ4n) is 7.57. The van der Waals surface area contributed by atoms with Gasteiger partial charge in [0.15, 0.2) is 0 Å². The van der Waals surface area contributed by atoms with E-state index in [9.17, 15) is 77.6 Å². The minimum absolute atomic E-state index is 0.0350. The molecular formula is C46H69N11O17. The number of phenols is 1. The van der Waals surface area contributed by atoms with Crippen LogP contribution in [0.5, 0.6) is 5.75 Å². The van der Waals surface area contributed by atoms with Gasteiger partial charge in [0.1, 0.15) is 54.1 Å².